The number of ether oxygens (including phenoxy) is 1. The Bertz CT molecular complexity index is 1230. The minimum atomic E-state index is -0.846. The molecule has 0 spiro atoms. The van der Waals surface area contributed by atoms with Gasteiger partial charge in [0.05, 0.1) is 6.61 Å². The summed E-state index contributed by atoms with van der Waals surface area (Å²) in [5.41, 5.74) is 12.4. The van der Waals surface area contributed by atoms with Gasteiger partial charge >= 0.3 is 0 Å². The minimum Gasteiger partial charge on any atom is -0.493 e. The maximum absolute atomic E-state index is 11.6. The first kappa shape index (κ1) is 26.8. The highest BCUT2D eigenvalue weighted by Crippen LogP contribution is 2.24. The molecular formula is C27H30N4O4S. The Morgan fingerprint density at radius 1 is 1.14 bits per heavy atom. The van der Waals surface area contributed by atoms with Crippen LogP contribution in [0.1, 0.15) is 40.8 Å². The molecule has 0 bridgehead atoms. The predicted octanol–water partition coefficient (Wildman–Crippen LogP) is 3.06. The van der Waals surface area contributed by atoms with E-state index in [-0.39, 0.29) is 18.2 Å². The summed E-state index contributed by atoms with van der Waals surface area (Å²) in [6.45, 7) is 1.40. The quantitative estimate of drug-likeness (QED) is 0.0483. The zero-order valence-corrected chi connectivity index (χ0v) is 20.7. The lowest BCUT2D eigenvalue weighted by molar-refractivity contribution is -0.114. The number of aliphatic hydroxyl groups excluding tert-OH is 2. The molecule has 2 aromatic carbocycles. The highest BCUT2D eigenvalue weighted by molar-refractivity contribution is 7.07. The molecule has 188 valence electrons. The molecule has 1 unspecified atom stereocenters. The van der Waals surface area contributed by atoms with Crippen molar-refractivity contribution in [2.45, 2.75) is 26.1 Å². The third kappa shape index (κ3) is 7.62. The molecule has 0 saturated carbocycles. The Morgan fingerprint density at radius 3 is 2.56 bits per heavy atom. The number of nitrogens with one attached hydrogen (secondary N) is 1. The number of nitrogens with two attached hydrogens (primary N) is 2. The molecule has 3 aromatic rings. The van der Waals surface area contributed by atoms with Crippen LogP contribution in [-0.2, 0) is 22.6 Å². The second kappa shape index (κ2) is 13.4. The Labute approximate surface area is 214 Å². The van der Waals surface area contributed by atoms with Gasteiger partial charge in [-0.05, 0) is 64.2 Å². The summed E-state index contributed by atoms with van der Waals surface area (Å²) in [5, 5.41) is 28.0. The van der Waals surface area contributed by atoms with Crippen LogP contribution in [0.3, 0.4) is 0 Å². The second-order valence-electron chi connectivity index (χ2n) is 8.03. The highest BCUT2D eigenvalue weighted by atomic mass is 32.1. The lowest BCUT2D eigenvalue weighted by Gasteiger charge is -2.14. The van der Waals surface area contributed by atoms with Gasteiger partial charge in [0.2, 0.25) is 0 Å². The topological polar surface area (TPSA) is 143 Å². The van der Waals surface area contributed by atoms with E-state index >= 15 is 0 Å². The number of nitrogens with zero attached hydrogens (tertiary/aromatic N) is 1. The average molecular weight is 507 g/mol. The lowest BCUT2D eigenvalue weighted by Crippen LogP contribution is -2.23. The van der Waals surface area contributed by atoms with Gasteiger partial charge in [0, 0.05) is 17.6 Å². The van der Waals surface area contributed by atoms with Crippen molar-refractivity contribution in [2.24, 2.45) is 16.7 Å². The summed E-state index contributed by atoms with van der Waals surface area (Å²) >= 11 is 1.60. The van der Waals surface area contributed by atoms with E-state index in [1.807, 2.05) is 47.2 Å². The number of hydrazine groups is 1. The Morgan fingerprint density at radius 2 is 1.92 bits per heavy atom. The van der Waals surface area contributed by atoms with Gasteiger partial charge in [-0.2, -0.15) is 11.3 Å². The first-order valence-corrected chi connectivity index (χ1v) is 12.2. The minimum absolute atomic E-state index is 0.186. The number of carbonyl (C=O) groups is 1. The fourth-order valence-corrected chi connectivity index (χ4v) is 4.06. The number of carbonyl (C=O) groups excluding carboxylic acids is 1. The number of Topliss-reactive ketones (excluding diaryl/α,β-unsaturated/α-hetero) is 1. The lowest BCUT2D eigenvalue weighted by atomic mass is 9.98. The van der Waals surface area contributed by atoms with E-state index in [2.05, 4.69) is 10.6 Å². The summed E-state index contributed by atoms with van der Waals surface area (Å²) in [6, 6.07) is 16.6. The first-order chi connectivity index (χ1) is 17.4. The number of amidine groups is 1. The van der Waals surface area contributed by atoms with Crippen molar-refractivity contribution >= 4 is 23.0 Å². The van der Waals surface area contributed by atoms with Crippen LogP contribution in [0, 0.1) is 0 Å². The third-order valence-electron chi connectivity index (χ3n) is 5.45. The van der Waals surface area contributed by atoms with Crippen molar-refractivity contribution in [1.29, 1.82) is 0 Å². The fraction of sp³-hybridized carbons (Fsp3) is 0.185. The third-order valence-corrected chi connectivity index (χ3v) is 6.19. The molecule has 1 aromatic heterocycles. The van der Waals surface area contributed by atoms with Gasteiger partial charge in [-0.1, -0.05) is 42.5 Å². The molecule has 9 heteroatoms. The Balaban J connectivity index is 1.71. The zero-order valence-electron chi connectivity index (χ0n) is 19.9. The molecule has 0 aliphatic rings. The molecule has 0 aliphatic heterocycles. The maximum Gasteiger partial charge on any atom is 0.158 e. The van der Waals surface area contributed by atoms with E-state index in [9.17, 15) is 15.0 Å². The Kier molecular flexibility index (Phi) is 9.96. The molecular weight excluding hydrogens is 476 g/mol. The standard InChI is InChI=1S/C27H30N4O4S/c1-18(33)24(15-32)9-10-25(13-20-11-12-36-17-20)35-16-19-5-7-21(8-6-19)26(34)22-3-2-4-23(14-22)27(28)30-31-29/h2-12,14,17,26,31-32,34H,13,15-16,29H2,1H3,(H2,28,30)/b24-9+,25-10+. The summed E-state index contributed by atoms with van der Waals surface area (Å²) in [7, 11) is 0. The highest BCUT2D eigenvalue weighted by Gasteiger charge is 2.12. The van der Waals surface area contributed by atoms with E-state index in [1.54, 1.807) is 41.7 Å². The van der Waals surface area contributed by atoms with Crippen LogP contribution < -0.4 is 17.1 Å². The first-order valence-electron chi connectivity index (χ1n) is 11.2. The zero-order chi connectivity index (χ0) is 25.9. The van der Waals surface area contributed by atoms with Gasteiger partial charge in [-0.3, -0.25) is 4.79 Å². The van der Waals surface area contributed by atoms with Crippen molar-refractivity contribution in [1.82, 2.24) is 5.53 Å². The molecule has 0 radical (unpaired) electrons. The van der Waals surface area contributed by atoms with Gasteiger partial charge in [0.25, 0.3) is 0 Å². The molecule has 0 amide bonds. The fourth-order valence-electron chi connectivity index (χ4n) is 3.39. The maximum atomic E-state index is 11.6. The van der Waals surface area contributed by atoms with Crippen LogP contribution in [0.15, 0.2) is 93.9 Å². The largest absolute Gasteiger partial charge is 0.493 e. The monoisotopic (exact) mass is 506 g/mol. The number of hydrogen-bond donors (Lipinski definition) is 5. The molecule has 36 heavy (non-hydrogen) atoms. The molecule has 1 atom stereocenters. The number of allylic oxidation sites excluding steroid dienone is 3. The summed E-state index contributed by atoms with van der Waals surface area (Å²) in [5.74, 6) is 5.89. The summed E-state index contributed by atoms with van der Waals surface area (Å²) in [4.78, 5) is 11.6. The summed E-state index contributed by atoms with van der Waals surface area (Å²) < 4.78 is 6.05. The van der Waals surface area contributed by atoms with Crippen molar-refractivity contribution in [3.63, 3.8) is 0 Å². The van der Waals surface area contributed by atoms with E-state index in [4.69, 9.17) is 16.3 Å². The molecule has 7 N–H and O–H groups in total. The predicted molar refractivity (Wildman–Crippen MR) is 142 cm³/mol. The van der Waals surface area contributed by atoms with E-state index < -0.39 is 6.10 Å². The number of hydrogen-bond acceptors (Lipinski definition) is 8. The van der Waals surface area contributed by atoms with Gasteiger partial charge < -0.3 is 20.7 Å². The van der Waals surface area contributed by atoms with E-state index in [1.165, 1.54) is 6.92 Å². The average Bonchev–Trinajstić information content (AvgIpc) is 3.40. The molecule has 0 aliphatic carbocycles. The van der Waals surface area contributed by atoms with E-state index in [0.717, 1.165) is 16.7 Å². The van der Waals surface area contributed by atoms with Gasteiger partial charge in [0.15, 0.2) is 11.6 Å². The van der Waals surface area contributed by atoms with Crippen LogP contribution in [0.4, 0.5) is 0 Å². The SMILES string of the molecule is CC(=O)/C(=C/C=C(\Cc1ccsc1)OCc1ccc(C(O)c2cccc(/C(N)=N/NN)c2)cc1)CO. The van der Waals surface area contributed by atoms with Gasteiger partial charge in [0.1, 0.15) is 18.5 Å². The smallest absolute Gasteiger partial charge is 0.158 e. The summed E-state index contributed by atoms with van der Waals surface area (Å²) in [6.07, 6.45) is 3.04. The molecule has 3 rings (SSSR count). The van der Waals surface area contributed by atoms with Crippen molar-refractivity contribution in [2.75, 3.05) is 6.61 Å². The number of benzene rings is 2. The number of rotatable bonds is 12. The van der Waals surface area contributed by atoms with Crippen LogP contribution >= 0.6 is 11.3 Å². The van der Waals surface area contributed by atoms with Crippen LogP contribution in [-0.4, -0.2) is 28.4 Å². The van der Waals surface area contributed by atoms with Crippen molar-refractivity contribution < 1.29 is 19.7 Å². The normalized spacial score (nSPS) is 13.4. The van der Waals surface area contributed by atoms with Crippen LogP contribution in [0.5, 0.6) is 0 Å². The van der Waals surface area contributed by atoms with Gasteiger partial charge in [-0.15, -0.1) is 5.10 Å². The number of ketones is 1. The van der Waals surface area contributed by atoms with Crippen LogP contribution in [0.2, 0.25) is 0 Å². The number of hydrazone groups is 1. The van der Waals surface area contributed by atoms with Crippen molar-refractivity contribution in [3.05, 3.63) is 117 Å². The van der Waals surface area contributed by atoms with E-state index in [0.29, 0.717) is 35.5 Å². The molecule has 8 nitrogen and oxygen atoms in total. The molecule has 1 heterocycles. The number of thiophene rings is 1. The molecule has 0 fully saturated rings. The van der Waals surface area contributed by atoms with Crippen molar-refractivity contribution in [3.8, 4) is 0 Å². The van der Waals surface area contributed by atoms with Crippen LogP contribution in [0.25, 0.3) is 0 Å². The number of aliphatic hydroxyl groups is 2. The Hall–Kier alpha value is -3.76. The van der Waals surface area contributed by atoms with Gasteiger partial charge in [-0.25, -0.2) is 11.4 Å². The molecule has 0 saturated heterocycles. The second-order valence-corrected chi connectivity index (χ2v) is 8.81.